The second-order valence-corrected chi connectivity index (χ2v) is 5.52. The Morgan fingerprint density at radius 2 is 1.50 bits per heavy atom. The number of anilines is 1. The zero-order chi connectivity index (χ0) is 13.9. The molecule has 0 aliphatic rings. The Balaban J connectivity index is 1.87. The Bertz CT molecular complexity index is 727. The molecule has 0 unspecified atom stereocenters. The minimum absolute atomic E-state index is 0.637. The largest absolute Gasteiger partial charge is 0.381 e. The predicted octanol–water partition coefficient (Wildman–Crippen LogP) is 5.76. The first kappa shape index (κ1) is 13.3. The first-order chi connectivity index (χ1) is 9.72. The van der Waals surface area contributed by atoms with E-state index in [1.54, 1.807) is 6.07 Å². The molecular weight excluding hydrogens is 289 g/mol. The highest BCUT2D eigenvalue weighted by Crippen LogP contribution is 2.24. The third-order valence-electron chi connectivity index (χ3n) is 3.23. The predicted molar refractivity (Wildman–Crippen MR) is 87.7 cm³/mol. The van der Waals surface area contributed by atoms with Crippen molar-refractivity contribution in [2.75, 3.05) is 5.32 Å². The number of halogens is 2. The van der Waals surface area contributed by atoms with Crippen LogP contribution in [0.3, 0.4) is 0 Å². The number of hydrogen-bond acceptors (Lipinski definition) is 1. The fourth-order valence-corrected chi connectivity index (χ4v) is 2.83. The van der Waals surface area contributed by atoms with Crippen LogP contribution in [-0.4, -0.2) is 0 Å². The summed E-state index contributed by atoms with van der Waals surface area (Å²) in [6, 6.07) is 20.2. The average Bonchev–Trinajstić information content (AvgIpc) is 2.44. The first-order valence-electron chi connectivity index (χ1n) is 6.39. The maximum absolute atomic E-state index is 6.00. The van der Waals surface area contributed by atoms with Gasteiger partial charge in [0.25, 0.3) is 0 Å². The lowest BCUT2D eigenvalue weighted by atomic mass is 10.0. The van der Waals surface area contributed by atoms with Crippen LogP contribution in [0.1, 0.15) is 5.56 Å². The molecular formula is C17H13Cl2N. The molecule has 3 rings (SSSR count). The Morgan fingerprint density at radius 1 is 0.800 bits per heavy atom. The molecule has 0 saturated heterocycles. The van der Waals surface area contributed by atoms with Gasteiger partial charge in [0.2, 0.25) is 0 Å². The van der Waals surface area contributed by atoms with Crippen LogP contribution < -0.4 is 5.32 Å². The van der Waals surface area contributed by atoms with Crippen molar-refractivity contribution in [1.29, 1.82) is 0 Å². The summed E-state index contributed by atoms with van der Waals surface area (Å²) in [6.07, 6.45) is 0. The SMILES string of the molecule is Clc1cc(Cl)cc(NCc2cccc3ccccc23)c1. The Kier molecular flexibility index (Phi) is 3.81. The van der Waals surface area contributed by atoms with Gasteiger partial charge >= 0.3 is 0 Å². The van der Waals surface area contributed by atoms with Crippen molar-refractivity contribution in [3.63, 3.8) is 0 Å². The molecule has 100 valence electrons. The number of hydrogen-bond donors (Lipinski definition) is 1. The van der Waals surface area contributed by atoms with Crippen molar-refractivity contribution in [3.05, 3.63) is 76.3 Å². The van der Waals surface area contributed by atoms with Gasteiger partial charge in [-0.05, 0) is 34.5 Å². The summed E-state index contributed by atoms with van der Waals surface area (Å²) in [6.45, 7) is 0.734. The molecule has 3 aromatic carbocycles. The number of benzene rings is 3. The van der Waals surface area contributed by atoms with Crippen LogP contribution in [0.4, 0.5) is 5.69 Å². The molecule has 0 aliphatic carbocycles. The van der Waals surface area contributed by atoms with Gasteiger partial charge in [-0.1, -0.05) is 65.7 Å². The Labute approximate surface area is 128 Å². The van der Waals surface area contributed by atoms with E-state index in [0.717, 1.165) is 12.2 Å². The molecule has 0 aromatic heterocycles. The minimum Gasteiger partial charge on any atom is -0.381 e. The molecule has 0 radical (unpaired) electrons. The number of nitrogens with one attached hydrogen (secondary N) is 1. The summed E-state index contributed by atoms with van der Waals surface area (Å²) in [5.41, 5.74) is 2.18. The maximum atomic E-state index is 6.00. The highest BCUT2D eigenvalue weighted by Gasteiger charge is 2.02. The van der Waals surface area contributed by atoms with Gasteiger partial charge in [-0.15, -0.1) is 0 Å². The standard InChI is InChI=1S/C17H13Cl2N/c18-14-8-15(19)10-16(9-14)20-11-13-6-3-5-12-4-1-2-7-17(12)13/h1-10,20H,11H2. The van der Waals surface area contributed by atoms with Gasteiger partial charge < -0.3 is 5.32 Å². The molecule has 0 atom stereocenters. The van der Waals surface area contributed by atoms with E-state index in [9.17, 15) is 0 Å². The molecule has 1 N–H and O–H groups in total. The van der Waals surface area contributed by atoms with Crippen LogP contribution in [0.2, 0.25) is 10.0 Å². The fraction of sp³-hybridized carbons (Fsp3) is 0.0588. The van der Waals surface area contributed by atoms with E-state index in [1.807, 2.05) is 12.1 Å². The van der Waals surface area contributed by atoms with E-state index < -0.39 is 0 Å². The van der Waals surface area contributed by atoms with Crippen molar-refractivity contribution in [3.8, 4) is 0 Å². The van der Waals surface area contributed by atoms with Crippen LogP contribution in [0.5, 0.6) is 0 Å². The topological polar surface area (TPSA) is 12.0 Å². The second kappa shape index (κ2) is 5.74. The van der Waals surface area contributed by atoms with Crippen LogP contribution in [0.25, 0.3) is 10.8 Å². The Morgan fingerprint density at radius 3 is 2.30 bits per heavy atom. The van der Waals surface area contributed by atoms with E-state index in [2.05, 4.69) is 47.8 Å². The molecule has 0 spiro atoms. The van der Waals surface area contributed by atoms with Gasteiger partial charge in [0.1, 0.15) is 0 Å². The van der Waals surface area contributed by atoms with Crippen molar-refractivity contribution >= 4 is 39.7 Å². The van der Waals surface area contributed by atoms with Crippen molar-refractivity contribution in [2.24, 2.45) is 0 Å². The lowest BCUT2D eigenvalue weighted by Gasteiger charge is -2.10. The van der Waals surface area contributed by atoms with E-state index in [1.165, 1.54) is 16.3 Å². The fourth-order valence-electron chi connectivity index (χ4n) is 2.30. The lowest BCUT2D eigenvalue weighted by molar-refractivity contribution is 1.17. The van der Waals surface area contributed by atoms with E-state index in [0.29, 0.717) is 10.0 Å². The molecule has 3 aromatic rings. The third-order valence-corrected chi connectivity index (χ3v) is 3.66. The molecule has 20 heavy (non-hydrogen) atoms. The summed E-state index contributed by atoms with van der Waals surface area (Å²) in [4.78, 5) is 0. The van der Waals surface area contributed by atoms with Crippen molar-refractivity contribution < 1.29 is 0 Å². The smallest absolute Gasteiger partial charge is 0.0441 e. The number of fused-ring (bicyclic) bond motifs is 1. The van der Waals surface area contributed by atoms with E-state index in [4.69, 9.17) is 23.2 Å². The summed E-state index contributed by atoms with van der Waals surface area (Å²) >= 11 is 12.0. The first-order valence-corrected chi connectivity index (χ1v) is 7.14. The van der Waals surface area contributed by atoms with E-state index in [-0.39, 0.29) is 0 Å². The van der Waals surface area contributed by atoms with Crippen LogP contribution in [0.15, 0.2) is 60.7 Å². The quantitative estimate of drug-likeness (QED) is 0.648. The van der Waals surface area contributed by atoms with Crippen LogP contribution in [-0.2, 0) is 6.54 Å². The minimum atomic E-state index is 0.637. The monoisotopic (exact) mass is 301 g/mol. The van der Waals surface area contributed by atoms with Crippen molar-refractivity contribution in [2.45, 2.75) is 6.54 Å². The summed E-state index contributed by atoms with van der Waals surface area (Å²) in [5, 5.41) is 7.15. The van der Waals surface area contributed by atoms with Crippen molar-refractivity contribution in [1.82, 2.24) is 0 Å². The third kappa shape index (κ3) is 2.90. The molecule has 0 amide bonds. The number of rotatable bonds is 3. The van der Waals surface area contributed by atoms with Gasteiger partial charge in [-0.3, -0.25) is 0 Å². The summed E-state index contributed by atoms with van der Waals surface area (Å²) in [7, 11) is 0. The lowest BCUT2D eigenvalue weighted by Crippen LogP contribution is -2.00. The molecule has 0 saturated carbocycles. The summed E-state index contributed by atoms with van der Waals surface area (Å²) < 4.78 is 0. The normalized spacial score (nSPS) is 10.7. The van der Waals surface area contributed by atoms with Gasteiger partial charge in [0.15, 0.2) is 0 Å². The summed E-state index contributed by atoms with van der Waals surface area (Å²) in [5.74, 6) is 0. The molecule has 0 bridgehead atoms. The molecule has 0 heterocycles. The molecule has 1 nitrogen and oxygen atoms in total. The zero-order valence-corrected chi connectivity index (χ0v) is 12.2. The molecule has 0 fully saturated rings. The molecule has 0 aliphatic heterocycles. The van der Waals surface area contributed by atoms with Gasteiger partial charge in [-0.25, -0.2) is 0 Å². The average molecular weight is 302 g/mol. The van der Waals surface area contributed by atoms with Gasteiger partial charge in [-0.2, -0.15) is 0 Å². The van der Waals surface area contributed by atoms with Gasteiger partial charge in [0, 0.05) is 22.3 Å². The second-order valence-electron chi connectivity index (χ2n) is 4.65. The van der Waals surface area contributed by atoms with Gasteiger partial charge in [0.05, 0.1) is 0 Å². The van der Waals surface area contributed by atoms with E-state index >= 15 is 0 Å². The van der Waals surface area contributed by atoms with Crippen LogP contribution in [0, 0.1) is 0 Å². The molecule has 3 heteroatoms. The zero-order valence-electron chi connectivity index (χ0n) is 10.7. The Hall–Kier alpha value is -1.70. The highest BCUT2D eigenvalue weighted by atomic mass is 35.5. The highest BCUT2D eigenvalue weighted by molar-refractivity contribution is 6.35. The van der Waals surface area contributed by atoms with Crippen LogP contribution >= 0.6 is 23.2 Å². The maximum Gasteiger partial charge on any atom is 0.0441 e.